The van der Waals surface area contributed by atoms with Gasteiger partial charge in [-0.2, -0.15) is 5.10 Å². The highest BCUT2D eigenvalue weighted by Crippen LogP contribution is 2.20. The molecule has 0 spiro atoms. The van der Waals surface area contributed by atoms with Crippen LogP contribution >= 0.6 is 11.3 Å². The summed E-state index contributed by atoms with van der Waals surface area (Å²) >= 11 is 1.54. The lowest BCUT2D eigenvalue weighted by atomic mass is 10.1. The van der Waals surface area contributed by atoms with Crippen LogP contribution in [0.5, 0.6) is 0 Å². The number of aryl methyl sites for hydroxylation is 1. The van der Waals surface area contributed by atoms with E-state index in [1.807, 2.05) is 31.4 Å². The molecule has 2 heterocycles. The van der Waals surface area contributed by atoms with Gasteiger partial charge in [-0.3, -0.25) is 9.59 Å². The summed E-state index contributed by atoms with van der Waals surface area (Å²) in [6.45, 7) is 3.90. The third-order valence-electron chi connectivity index (χ3n) is 4.97. The lowest BCUT2D eigenvalue weighted by molar-refractivity contribution is -0.140. The molecule has 0 saturated heterocycles. The van der Waals surface area contributed by atoms with Crippen LogP contribution < -0.4 is 5.32 Å². The van der Waals surface area contributed by atoms with Crippen molar-refractivity contribution in [1.82, 2.24) is 15.1 Å². The van der Waals surface area contributed by atoms with Gasteiger partial charge in [0.25, 0.3) is 5.91 Å². The predicted molar refractivity (Wildman–Crippen MR) is 120 cm³/mol. The molecule has 0 fully saturated rings. The van der Waals surface area contributed by atoms with Gasteiger partial charge in [0.2, 0.25) is 0 Å². The Bertz CT molecular complexity index is 1090. The minimum Gasteiger partial charge on any atom is -0.469 e. The van der Waals surface area contributed by atoms with Crippen molar-refractivity contribution in [3.63, 3.8) is 0 Å². The standard InChI is InChI=1S/C23H25N3O5S/c1-15-20(10-11-22(28)30-3)16(2)26(25-15)18-8-6-17(7-9-18)23(29)31-14-21(27)24-13-19-5-4-12-32-19/h4-9,12H,10-11,13-14H2,1-3H3,(H,24,27). The Labute approximate surface area is 190 Å². The summed E-state index contributed by atoms with van der Waals surface area (Å²) in [7, 11) is 1.37. The number of nitrogens with zero attached hydrogens (tertiary/aromatic N) is 2. The van der Waals surface area contributed by atoms with Gasteiger partial charge in [0.15, 0.2) is 6.61 Å². The summed E-state index contributed by atoms with van der Waals surface area (Å²) in [5, 5.41) is 9.20. The fourth-order valence-electron chi connectivity index (χ4n) is 3.22. The van der Waals surface area contributed by atoms with Crippen molar-refractivity contribution < 1.29 is 23.9 Å². The van der Waals surface area contributed by atoms with Crippen LogP contribution in [0.4, 0.5) is 0 Å². The van der Waals surface area contributed by atoms with Crippen molar-refractivity contribution in [1.29, 1.82) is 0 Å². The molecule has 32 heavy (non-hydrogen) atoms. The minimum atomic E-state index is -0.574. The van der Waals surface area contributed by atoms with E-state index < -0.39 is 5.97 Å². The van der Waals surface area contributed by atoms with Crippen LogP contribution in [-0.2, 0) is 32.0 Å². The van der Waals surface area contributed by atoms with E-state index in [1.165, 1.54) is 7.11 Å². The second kappa shape index (κ2) is 10.7. The van der Waals surface area contributed by atoms with Gasteiger partial charge in [0.1, 0.15) is 0 Å². The summed E-state index contributed by atoms with van der Waals surface area (Å²) in [5.41, 5.74) is 3.87. The van der Waals surface area contributed by atoms with E-state index in [0.29, 0.717) is 18.5 Å². The van der Waals surface area contributed by atoms with Gasteiger partial charge in [-0.25, -0.2) is 9.48 Å². The molecule has 0 aliphatic rings. The average molecular weight is 456 g/mol. The second-order valence-corrected chi connectivity index (χ2v) is 8.15. The maximum Gasteiger partial charge on any atom is 0.338 e. The van der Waals surface area contributed by atoms with Gasteiger partial charge >= 0.3 is 11.9 Å². The molecule has 1 aromatic carbocycles. The molecular formula is C23H25N3O5S. The largest absolute Gasteiger partial charge is 0.469 e. The van der Waals surface area contributed by atoms with Crippen molar-refractivity contribution in [2.75, 3.05) is 13.7 Å². The zero-order valence-electron chi connectivity index (χ0n) is 18.2. The predicted octanol–water partition coefficient (Wildman–Crippen LogP) is 3.13. The van der Waals surface area contributed by atoms with Gasteiger partial charge in [-0.1, -0.05) is 6.07 Å². The molecule has 8 nitrogen and oxygen atoms in total. The van der Waals surface area contributed by atoms with E-state index in [-0.39, 0.29) is 24.9 Å². The number of methoxy groups -OCH3 is 1. The van der Waals surface area contributed by atoms with Gasteiger partial charge < -0.3 is 14.8 Å². The molecule has 3 rings (SSSR count). The Kier molecular flexibility index (Phi) is 7.77. The maximum atomic E-state index is 12.3. The Hall–Kier alpha value is -3.46. The van der Waals surface area contributed by atoms with Crippen molar-refractivity contribution in [3.05, 3.63) is 69.2 Å². The van der Waals surface area contributed by atoms with Gasteiger partial charge in [-0.05, 0) is 61.5 Å². The number of thiophene rings is 1. The Morgan fingerprint density at radius 1 is 1.12 bits per heavy atom. The molecule has 0 aliphatic carbocycles. The summed E-state index contributed by atoms with van der Waals surface area (Å²) < 4.78 is 11.6. The number of hydrogen-bond donors (Lipinski definition) is 1. The Morgan fingerprint density at radius 3 is 2.53 bits per heavy atom. The van der Waals surface area contributed by atoms with Crippen molar-refractivity contribution in [2.24, 2.45) is 0 Å². The smallest absolute Gasteiger partial charge is 0.338 e. The number of aromatic nitrogens is 2. The SMILES string of the molecule is COC(=O)CCc1c(C)nn(-c2ccc(C(=O)OCC(=O)NCc3cccs3)cc2)c1C. The second-order valence-electron chi connectivity index (χ2n) is 7.12. The van der Waals surface area contributed by atoms with E-state index in [4.69, 9.17) is 9.47 Å². The Morgan fingerprint density at radius 2 is 1.88 bits per heavy atom. The lowest BCUT2D eigenvalue weighted by Crippen LogP contribution is -2.28. The van der Waals surface area contributed by atoms with Crippen LogP contribution in [-0.4, -0.2) is 41.3 Å². The van der Waals surface area contributed by atoms with Crippen LogP contribution in [0.1, 0.15) is 38.6 Å². The molecule has 0 aliphatic heterocycles. The van der Waals surface area contributed by atoms with E-state index in [1.54, 1.807) is 40.3 Å². The number of rotatable bonds is 9. The normalized spacial score (nSPS) is 10.6. The summed E-state index contributed by atoms with van der Waals surface area (Å²) in [5.74, 6) is -1.19. The monoisotopic (exact) mass is 455 g/mol. The first kappa shape index (κ1) is 23.2. The first-order valence-corrected chi connectivity index (χ1v) is 11.0. The summed E-state index contributed by atoms with van der Waals surface area (Å²) in [4.78, 5) is 36.6. The maximum absolute atomic E-state index is 12.3. The first-order chi connectivity index (χ1) is 15.4. The molecule has 1 amide bonds. The molecule has 0 radical (unpaired) electrons. The van der Waals surface area contributed by atoms with Crippen LogP contribution in [0.2, 0.25) is 0 Å². The van der Waals surface area contributed by atoms with Crippen molar-refractivity contribution in [3.8, 4) is 5.69 Å². The minimum absolute atomic E-state index is 0.264. The van der Waals surface area contributed by atoms with Crippen LogP contribution in [0.3, 0.4) is 0 Å². The topological polar surface area (TPSA) is 99.5 Å². The number of amides is 1. The Balaban J connectivity index is 1.58. The van der Waals surface area contributed by atoms with E-state index in [2.05, 4.69) is 10.4 Å². The molecular weight excluding hydrogens is 430 g/mol. The third-order valence-corrected chi connectivity index (χ3v) is 5.85. The number of esters is 2. The van der Waals surface area contributed by atoms with Crippen LogP contribution in [0.15, 0.2) is 41.8 Å². The molecule has 0 bridgehead atoms. The van der Waals surface area contributed by atoms with Gasteiger partial charge in [-0.15, -0.1) is 11.3 Å². The molecule has 2 aromatic heterocycles. The highest BCUT2D eigenvalue weighted by atomic mass is 32.1. The van der Waals surface area contributed by atoms with Crippen LogP contribution in [0, 0.1) is 13.8 Å². The molecule has 1 N–H and O–H groups in total. The zero-order valence-corrected chi connectivity index (χ0v) is 19.0. The molecule has 168 valence electrons. The summed E-state index contributed by atoms with van der Waals surface area (Å²) in [6, 6.07) is 10.6. The number of benzene rings is 1. The van der Waals surface area contributed by atoms with Crippen molar-refractivity contribution >= 4 is 29.2 Å². The molecule has 0 unspecified atom stereocenters. The van der Waals surface area contributed by atoms with E-state index in [0.717, 1.165) is 27.5 Å². The van der Waals surface area contributed by atoms with E-state index >= 15 is 0 Å². The lowest BCUT2D eigenvalue weighted by Gasteiger charge is -2.08. The fourth-order valence-corrected chi connectivity index (χ4v) is 3.86. The van der Waals surface area contributed by atoms with Crippen LogP contribution in [0.25, 0.3) is 5.69 Å². The van der Waals surface area contributed by atoms with Gasteiger partial charge in [0.05, 0.1) is 30.6 Å². The molecule has 0 saturated carbocycles. The number of carbonyl (C=O) groups excluding carboxylic acids is 3. The van der Waals surface area contributed by atoms with Gasteiger partial charge in [0, 0.05) is 17.0 Å². The molecule has 0 atom stereocenters. The number of hydrogen-bond acceptors (Lipinski definition) is 7. The fraction of sp³-hybridized carbons (Fsp3) is 0.304. The van der Waals surface area contributed by atoms with E-state index in [9.17, 15) is 14.4 Å². The zero-order chi connectivity index (χ0) is 23.1. The highest BCUT2D eigenvalue weighted by Gasteiger charge is 2.15. The third kappa shape index (κ3) is 5.82. The molecule has 3 aromatic rings. The number of nitrogens with one attached hydrogen (secondary N) is 1. The number of carbonyl (C=O) groups is 3. The quantitative estimate of drug-likeness (QED) is 0.498. The number of ether oxygens (including phenoxy) is 2. The molecule has 9 heteroatoms. The summed E-state index contributed by atoms with van der Waals surface area (Å²) in [6.07, 6.45) is 0.832. The highest BCUT2D eigenvalue weighted by molar-refractivity contribution is 7.09. The van der Waals surface area contributed by atoms with Crippen molar-refractivity contribution in [2.45, 2.75) is 33.2 Å². The first-order valence-electron chi connectivity index (χ1n) is 10.1. The average Bonchev–Trinajstić information content (AvgIpc) is 3.42.